The lowest BCUT2D eigenvalue weighted by molar-refractivity contribution is -0.126. The molecule has 1 saturated heterocycles. The third-order valence-corrected chi connectivity index (χ3v) is 5.56. The monoisotopic (exact) mass is 310 g/mol. The molecule has 1 aliphatic heterocycles. The minimum atomic E-state index is -3.50. The highest BCUT2D eigenvalue weighted by Gasteiger charge is 2.32. The van der Waals surface area contributed by atoms with Crippen molar-refractivity contribution in [1.82, 2.24) is 9.62 Å². The SMILES string of the molecule is CCCNC(=O)[C@H]1CCCN(S(=O)(=O)c2ccccc2)C1. The molecule has 1 aromatic carbocycles. The number of carbonyl (C=O) groups is 1. The molecule has 2 rings (SSSR count). The fourth-order valence-corrected chi connectivity index (χ4v) is 4.05. The fourth-order valence-electron chi connectivity index (χ4n) is 2.51. The van der Waals surface area contributed by atoms with Crippen molar-refractivity contribution in [2.75, 3.05) is 19.6 Å². The Morgan fingerprint density at radius 1 is 1.33 bits per heavy atom. The smallest absolute Gasteiger partial charge is 0.243 e. The molecule has 116 valence electrons. The Morgan fingerprint density at radius 3 is 2.71 bits per heavy atom. The molecule has 1 amide bonds. The summed E-state index contributed by atoms with van der Waals surface area (Å²) in [6.45, 7) is 3.38. The second-order valence-electron chi connectivity index (χ2n) is 5.31. The maximum absolute atomic E-state index is 12.6. The Balaban J connectivity index is 2.09. The molecule has 0 spiro atoms. The zero-order valence-corrected chi connectivity index (χ0v) is 13.1. The van der Waals surface area contributed by atoms with Gasteiger partial charge in [0.05, 0.1) is 10.8 Å². The summed E-state index contributed by atoms with van der Waals surface area (Å²) >= 11 is 0. The van der Waals surface area contributed by atoms with Crippen molar-refractivity contribution in [2.24, 2.45) is 5.92 Å². The topological polar surface area (TPSA) is 66.5 Å². The summed E-state index contributed by atoms with van der Waals surface area (Å²) in [4.78, 5) is 12.3. The van der Waals surface area contributed by atoms with Gasteiger partial charge in [-0.3, -0.25) is 4.79 Å². The number of rotatable bonds is 5. The van der Waals surface area contributed by atoms with Crippen LogP contribution >= 0.6 is 0 Å². The van der Waals surface area contributed by atoms with Crippen LogP contribution in [0.4, 0.5) is 0 Å². The predicted molar refractivity (Wildman–Crippen MR) is 81.2 cm³/mol. The van der Waals surface area contributed by atoms with Gasteiger partial charge in [0.25, 0.3) is 0 Å². The van der Waals surface area contributed by atoms with Crippen molar-refractivity contribution in [1.29, 1.82) is 0 Å². The van der Waals surface area contributed by atoms with E-state index in [1.54, 1.807) is 30.3 Å². The van der Waals surface area contributed by atoms with Crippen LogP contribution in [0.5, 0.6) is 0 Å². The summed E-state index contributed by atoms with van der Waals surface area (Å²) in [7, 11) is -3.50. The van der Waals surface area contributed by atoms with Gasteiger partial charge < -0.3 is 5.32 Å². The summed E-state index contributed by atoms with van der Waals surface area (Å²) in [5, 5.41) is 2.85. The lowest BCUT2D eigenvalue weighted by atomic mass is 9.99. The first kappa shape index (κ1) is 16.0. The number of piperidine rings is 1. The Hall–Kier alpha value is -1.40. The molecule has 1 atom stereocenters. The molecule has 0 saturated carbocycles. The van der Waals surface area contributed by atoms with E-state index in [2.05, 4.69) is 5.32 Å². The van der Waals surface area contributed by atoms with Crippen LogP contribution in [-0.4, -0.2) is 38.3 Å². The van der Waals surface area contributed by atoms with E-state index in [1.807, 2.05) is 6.92 Å². The lowest BCUT2D eigenvalue weighted by Gasteiger charge is -2.31. The molecule has 0 radical (unpaired) electrons. The van der Waals surface area contributed by atoms with Gasteiger partial charge in [0.2, 0.25) is 15.9 Å². The molecule has 0 aliphatic carbocycles. The van der Waals surface area contributed by atoms with Crippen molar-refractivity contribution in [2.45, 2.75) is 31.1 Å². The number of amides is 1. The number of nitrogens with zero attached hydrogens (tertiary/aromatic N) is 1. The third kappa shape index (κ3) is 3.83. The highest BCUT2D eigenvalue weighted by molar-refractivity contribution is 7.89. The summed E-state index contributed by atoms with van der Waals surface area (Å²) in [6, 6.07) is 8.40. The molecule has 1 aromatic rings. The Kier molecular flexibility index (Phi) is 5.36. The number of hydrogen-bond acceptors (Lipinski definition) is 3. The molecular weight excluding hydrogens is 288 g/mol. The van der Waals surface area contributed by atoms with Crippen LogP contribution < -0.4 is 5.32 Å². The number of carbonyl (C=O) groups excluding carboxylic acids is 1. The average molecular weight is 310 g/mol. The molecule has 1 N–H and O–H groups in total. The standard InChI is InChI=1S/C15H22N2O3S/c1-2-10-16-15(18)13-7-6-11-17(12-13)21(19,20)14-8-4-3-5-9-14/h3-5,8-9,13H,2,6-7,10-12H2,1H3,(H,16,18)/t13-/m0/s1. The van der Waals surface area contributed by atoms with Crippen molar-refractivity contribution in [3.63, 3.8) is 0 Å². The van der Waals surface area contributed by atoms with Crippen molar-refractivity contribution >= 4 is 15.9 Å². The highest BCUT2D eigenvalue weighted by Crippen LogP contribution is 2.23. The molecule has 21 heavy (non-hydrogen) atoms. The van der Waals surface area contributed by atoms with Gasteiger partial charge in [-0.25, -0.2) is 8.42 Å². The number of benzene rings is 1. The average Bonchev–Trinajstić information content (AvgIpc) is 2.53. The van der Waals surface area contributed by atoms with E-state index in [4.69, 9.17) is 0 Å². The van der Waals surface area contributed by atoms with E-state index in [9.17, 15) is 13.2 Å². The van der Waals surface area contributed by atoms with Crippen LogP contribution in [0, 0.1) is 5.92 Å². The highest BCUT2D eigenvalue weighted by atomic mass is 32.2. The maximum atomic E-state index is 12.6. The van der Waals surface area contributed by atoms with Crippen LogP contribution in [-0.2, 0) is 14.8 Å². The molecule has 0 bridgehead atoms. The summed E-state index contributed by atoms with van der Waals surface area (Å²) in [6.07, 6.45) is 2.34. The van der Waals surface area contributed by atoms with E-state index in [-0.39, 0.29) is 18.4 Å². The number of sulfonamides is 1. The summed E-state index contributed by atoms with van der Waals surface area (Å²) in [5.41, 5.74) is 0. The third-order valence-electron chi connectivity index (χ3n) is 3.69. The quantitative estimate of drug-likeness (QED) is 0.898. The van der Waals surface area contributed by atoms with Crippen LogP contribution in [0.2, 0.25) is 0 Å². The molecular formula is C15H22N2O3S. The first-order valence-electron chi connectivity index (χ1n) is 7.38. The van der Waals surface area contributed by atoms with Gasteiger partial charge >= 0.3 is 0 Å². The maximum Gasteiger partial charge on any atom is 0.243 e. The lowest BCUT2D eigenvalue weighted by Crippen LogP contribution is -2.45. The van der Waals surface area contributed by atoms with E-state index in [0.717, 1.165) is 19.3 Å². The van der Waals surface area contributed by atoms with Crippen LogP contribution in [0.15, 0.2) is 35.2 Å². The molecule has 1 fully saturated rings. The number of nitrogens with one attached hydrogen (secondary N) is 1. The summed E-state index contributed by atoms with van der Waals surface area (Å²) in [5.74, 6) is -0.284. The minimum absolute atomic E-state index is 0.0372. The van der Waals surface area contributed by atoms with E-state index >= 15 is 0 Å². The van der Waals surface area contributed by atoms with Gasteiger partial charge in [0.15, 0.2) is 0 Å². The van der Waals surface area contributed by atoms with Gasteiger partial charge in [0, 0.05) is 19.6 Å². The Morgan fingerprint density at radius 2 is 2.05 bits per heavy atom. The van der Waals surface area contributed by atoms with Gasteiger partial charge in [-0.2, -0.15) is 4.31 Å². The zero-order valence-electron chi connectivity index (χ0n) is 12.3. The molecule has 1 aliphatic rings. The van der Waals surface area contributed by atoms with Crippen molar-refractivity contribution in [3.05, 3.63) is 30.3 Å². The van der Waals surface area contributed by atoms with Crippen molar-refractivity contribution in [3.8, 4) is 0 Å². The normalized spacial score (nSPS) is 20.1. The Labute approximate surface area is 126 Å². The van der Waals surface area contributed by atoms with Crippen LogP contribution in [0.25, 0.3) is 0 Å². The molecule has 5 nitrogen and oxygen atoms in total. The molecule has 0 aromatic heterocycles. The zero-order chi connectivity index (χ0) is 15.3. The summed E-state index contributed by atoms with van der Waals surface area (Å²) < 4.78 is 26.6. The van der Waals surface area contributed by atoms with Crippen LogP contribution in [0.3, 0.4) is 0 Å². The van der Waals surface area contributed by atoms with Gasteiger partial charge in [-0.1, -0.05) is 25.1 Å². The number of hydrogen-bond donors (Lipinski definition) is 1. The first-order chi connectivity index (χ1) is 10.1. The van der Waals surface area contributed by atoms with E-state index < -0.39 is 10.0 Å². The van der Waals surface area contributed by atoms with Gasteiger partial charge in [0.1, 0.15) is 0 Å². The van der Waals surface area contributed by atoms with Crippen LogP contribution in [0.1, 0.15) is 26.2 Å². The van der Waals surface area contributed by atoms with E-state index in [1.165, 1.54) is 4.31 Å². The molecule has 6 heteroatoms. The second-order valence-corrected chi connectivity index (χ2v) is 7.24. The Bertz CT molecular complexity index is 572. The van der Waals surface area contributed by atoms with Crippen molar-refractivity contribution < 1.29 is 13.2 Å². The van der Waals surface area contributed by atoms with Gasteiger partial charge in [-0.15, -0.1) is 0 Å². The van der Waals surface area contributed by atoms with Gasteiger partial charge in [-0.05, 0) is 31.4 Å². The molecule has 0 unspecified atom stereocenters. The molecule has 1 heterocycles. The largest absolute Gasteiger partial charge is 0.356 e. The predicted octanol–water partition coefficient (Wildman–Crippen LogP) is 1.61. The second kappa shape index (κ2) is 7.04. The first-order valence-corrected chi connectivity index (χ1v) is 8.82. The fraction of sp³-hybridized carbons (Fsp3) is 0.533. The van der Waals surface area contributed by atoms with E-state index in [0.29, 0.717) is 18.0 Å². The minimum Gasteiger partial charge on any atom is -0.356 e.